The molecule has 2 nitrogen and oxygen atoms in total. The highest BCUT2D eigenvalue weighted by molar-refractivity contribution is 5.92. The van der Waals surface area contributed by atoms with Gasteiger partial charge in [0.05, 0.1) is 11.2 Å². The van der Waals surface area contributed by atoms with Gasteiger partial charge in [-0.3, -0.25) is 0 Å². The van der Waals surface area contributed by atoms with E-state index in [9.17, 15) is 0 Å². The average Bonchev–Trinajstić information content (AvgIpc) is 2.46. The summed E-state index contributed by atoms with van der Waals surface area (Å²) in [6, 6.07) is 15.9. The first-order valence-corrected chi connectivity index (χ1v) is 6.08. The second-order valence-corrected chi connectivity index (χ2v) is 4.36. The van der Waals surface area contributed by atoms with Crippen LogP contribution < -0.4 is 0 Å². The summed E-state index contributed by atoms with van der Waals surface area (Å²) in [5.74, 6) is 3.39. The molecule has 2 heteroatoms. The molecular weight excluding hydrogens is 232 g/mol. The zero-order valence-electron chi connectivity index (χ0n) is 10.6. The molecule has 0 bridgehead atoms. The number of aromatic nitrogens is 2. The van der Waals surface area contributed by atoms with Crippen molar-refractivity contribution in [3.63, 3.8) is 0 Å². The van der Waals surface area contributed by atoms with Crippen molar-refractivity contribution in [2.75, 3.05) is 0 Å². The maximum atomic E-state index is 5.38. The largest absolute Gasteiger partial charge is 0.233 e. The Morgan fingerprint density at radius 3 is 2.42 bits per heavy atom. The van der Waals surface area contributed by atoms with Crippen molar-refractivity contribution in [2.24, 2.45) is 0 Å². The highest BCUT2D eigenvalue weighted by Gasteiger charge is 2.07. The van der Waals surface area contributed by atoms with E-state index in [1.165, 1.54) is 0 Å². The second kappa shape index (κ2) is 4.55. The summed E-state index contributed by atoms with van der Waals surface area (Å²) in [5.41, 5.74) is 3.84. The quantitative estimate of drug-likeness (QED) is 0.611. The van der Waals surface area contributed by atoms with Crippen molar-refractivity contribution in [3.05, 3.63) is 59.9 Å². The monoisotopic (exact) mass is 244 g/mol. The van der Waals surface area contributed by atoms with E-state index in [-0.39, 0.29) is 0 Å². The van der Waals surface area contributed by atoms with Crippen LogP contribution in [0.1, 0.15) is 11.4 Å². The van der Waals surface area contributed by atoms with Gasteiger partial charge >= 0.3 is 0 Å². The van der Waals surface area contributed by atoms with Crippen LogP contribution in [0.5, 0.6) is 0 Å². The summed E-state index contributed by atoms with van der Waals surface area (Å²) in [4.78, 5) is 9.02. The van der Waals surface area contributed by atoms with Crippen molar-refractivity contribution in [1.82, 2.24) is 9.97 Å². The third-order valence-corrected chi connectivity index (χ3v) is 3.04. The topological polar surface area (TPSA) is 25.8 Å². The number of aryl methyl sites for hydroxylation is 1. The zero-order valence-corrected chi connectivity index (χ0v) is 10.6. The Bertz CT molecular complexity index is 780. The van der Waals surface area contributed by atoms with Crippen LogP contribution in [0.3, 0.4) is 0 Å². The molecule has 0 spiro atoms. The maximum Gasteiger partial charge on any atom is 0.126 e. The third kappa shape index (κ3) is 2.07. The first kappa shape index (κ1) is 11.4. The van der Waals surface area contributed by atoms with Gasteiger partial charge in [0.2, 0.25) is 0 Å². The number of hydrogen-bond acceptors (Lipinski definition) is 2. The zero-order chi connectivity index (χ0) is 13.2. The fraction of sp³-hybridized carbons (Fsp3) is 0.0588. The van der Waals surface area contributed by atoms with E-state index in [0.29, 0.717) is 0 Å². The number of rotatable bonds is 1. The van der Waals surface area contributed by atoms with E-state index in [1.54, 1.807) is 0 Å². The number of para-hydroxylation sites is 1. The van der Waals surface area contributed by atoms with Crippen LogP contribution in [-0.2, 0) is 0 Å². The van der Waals surface area contributed by atoms with Gasteiger partial charge in [0.15, 0.2) is 0 Å². The number of nitrogens with zero attached hydrogens (tertiary/aromatic N) is 2. The molecular formula is C17H12N2. The number of terminal acetylenes is 1. The average molecular weight is 244 g/mol. The lowest BCUT2D eigenvalue weighted by molar-refractivity contribution is 1.10. The Hall–Kier alpha value is -2.66. The van der Waals surface area contributed by atoms with Crippen LogP contribution in [0.4, 0.5) is 0 Å². The second-order valence-electron chi connectivity index (χ2n) is 4.36. The van der Waals surface area contributed by atoms with Gasteiger partial charge in [-0.2, -0.15) is 0 Å². The summed E-state index contributed by atoms with van der Waals surface area (Å²) in [6.07, 6.45) is 5.38. The van der Waals surface area contributed by atoms with Crippen LogP contribution in [0.25, 0.3) is 22.2 Å². The fourth-order valence-electron chi connectivity index (χ4n) is 2.14. The van der Waals surface area contributed by atoms with Crippen LogP contribution in [0.2, 0.25) is 0 Å². The molecule has 0 aliphatic carbocycles. The molecule has 0 N–H and O–H groups in total. The number of fused-ring (bicyclic) bond motifs is 1. The summed E-state index contributed by atoms with van der Waals surface area (Å²) < 4.78 is 0. The molecule has 0 fully saturated rings. The lowest BCUT2D eigenvalue weighted by Crippen LogP contribution is -1.93. The molecule has 0 unspecified atom stereocenters. The summed E-state index contributed by atoms with van der Waals surface area (Å²) >= 11 is 0. The minimum atomic E-state index is 0.773. The Morgan fingerprint density at radius 1 is 0.947 bits per heavy atom. The number of benzene rings is 2. The van der Waals surface area contributed by atoms with Crippen LogP contribution in [0, 0.1) is 19.3 Å². The molecule has 1 heterocycles. The normalized spacial score (nSPS) is 10.3. The van der Waals surface area contributed by atoms with Crippen molar-refractivity contribution in [1.29, 1.82) is 0 Å². The van der Waals surface area contributed by atoms with Gasteiger partial charge in [0.1, 0.15) is 5.82 Å². The fourth-order valence-corrected chi connectivity index (χ4v) is 2.14. The standard InChI is InChI=1S/C17H12N2/c1-3-13-8-10-14(11-9-13)17-15-6-4-5-7-16(15)18-12(2)19-17/h1,4-11H,2H3. The molecule has 1 aromatic heterocycles. The van der Waals surface area contributed by atoms with Gasteiger partial charge in [0, 0.05) is 16.5 Å². The molecule has 0 aliphatic rings. The van der Waals surface area contributed by atoms with Gasteiger partial charge in [-0.25, -0.2) is 9.97 Å². The molecule has 0 aliphatic heterocycles. The molecule has 90 valence electrons. The van der Waals surface area contributed by atoms with Gasteiger partial charge < -0.3 is 0 Å². The first-order chi connectivity index (χ1) is 9.28. The van der Waals surface area contributed by atoms with Crippen molar-refractivity contribution >= 4 is 10.9 Å². The summed E-state index contributed by atoms with van der Waals surface area (Å²) in [5, 5.41) is 1.06. The van der Waals surface area contributed by atoms with E-state index in [4.69, 9.17) is 6.42 Å². The SMILES string of the molecule is C#Cc1ccc(-c2nc(C)nc3ccccc23)cc1. The molecule has 0 saturated carbocycles. The molecule has 2 aromatic carbocycles. The van der Waals surface area contributed by atoms with Gasteiger partial charge in [-0.05, 0) is 25.1 Å². The van der Waals surface area contributed by atoms with E-state index < -0.39 is 0 Å². The Morgan fingerprint density at radius 2 is 1.68 bits per heavy atom. The van der Waals surface area contributed by atoms with E-state index in [1.807, 2.05) is 55.5 Å². The third-order valence-electron chi connectivity index (χ3n) is 3.04. The lowest BCUT2D eigenvalue weighted by Gasteiger charge is -2.07. The van der Waals surface area contributed by atoms with E-state index in [0.717, 1.165) is 33.5 Å². The highest BCUT2D eigenvalue weighted by atomic mass is 14.9. The molecule has 0 atom stereocenters. The Balaban J connectivity index is 2.26. The van der Waals surface area contributed by atoms with E-state index >= 15 is 0 Å². The molecule has 0 saturated heterocycles. The van der Waals surface area contributed by atoms with Crippen LogP contribution >= 0.6 is 0 Å². The van der Waals surface area contributed by atoms with E-state index in [2.05, 4.69) is 15.9 Å². The highest BCUT2D eigenvalue weighted by Crippen LogP contribution is 2.26. The van der Waals surface area contributed by atoms with Crippen LogP contribution in [0.15, 0.2) is 48.5 Å². The molecule has 0 radical (unpaired) electrons. The molecule has 0 amide bonds. The summed E-state index contributed by atoms with van der Waals surface area (Å²) in [7, 11) is 0. The van der Waals surface area contributed by atoms with Gasteiger partial charge in [0.25, 0.3) is 0 Å². The predicted molar refractivity (Wildman–Crippen MR) is 77.6 cm³/mol. The lowest BCUT2D eigenvalue weighted by atomic mass is 10.0. The molecule has 3 rings (SSSR count). The first-order valence-electron chi connectivity index (χ1n) is 6.08. The number of hydrogen-bond donors (Lipinski definition) is 0. The predicted octanol–water partition coefficient (Wildman–Crippen LogP) is 3.59. The maximum absolute atomic E-state index is 5.38. The molecule has 19 heavy (non-hydrogen) atoms. The molecule has 3 aromatic rings. The Labute approximate surface area is 112 Å². The summed E-state index contributed by atoms with van der Waals surface area (Å²) in [6.45, 7) is 1.91. The van der Waals surface area contributed by atoms with Gasteiger partial charge in [-0.15, -0.1) is 6.42 Å². The smallest absolute Gasteiger partial charge is 0.126 e. The Kier molecular flexibility index (Phi) is 2.74. The van der Waals surface area contributed by atoms with Crippen molar-refractivity contribution in [3.8, 4) is 23.6 Å². The van der Waals surface area contributed by atoms with Crippen molar-refractivity contribution in [2.45, 2.75) is 6.92 Å². The van der Waals surface area contributed by atoms with Crippen molar-refractivity contribution < 1.29 is 0 Å². The van der Waals surface area contributed by atoms with Gasteiger partial charge in [-0.1, -0.05) is 36.3 Å². The minimum absolute atomic E-state index is 0.773. The van der Waals surface area contributed by atoms with Crippen LogP contribution in [-0.4, -0.2) is 9.97 Å². The minimum Gasteiger partial charge on any atom is -0.233 e.